The lowest BCUT2D eigenvalue weighted by Crippen LogP contribution is -2.59. The van der Waals surface area contributed by atoms with Gasteiger partial charge >= 0.3 is 5.97 Å². The summed E-state index contributed by atoms with van der Waals surface area (Å²) < 4.78 is 0. The van der Waals surface area contributed by atoms with Gasteiger partial charge in [0.15, 0.2) is 0 Å². The first-order chi connectivity index (χ1) is 21.5. The molecule has 0 fully saturated rings. The van der Waals surface area contributed by atoms with E-state index in [0.29, 0.717) is 39.3 Å². The molecular weight excluding hydrogens is 572 g/mol. The smallest absolute Gasteiger partial charge is 0.328 e. The van der Waals surface area contributed by atoms with Crippen LogP contribution in [0.25, 0.3) is 0 Å². The molecule has 0 aliphatic heterocycles. The Balaban J connectivity index is 5.71. The number of carboxylic acid groups (broad SMARTS) is 1. The first-order valence-corrected chi connectivity index (χ1v) is 17.7. The molecule has 0 saturated heterocycles. The van der Waals surface area contributed by atoms with Crippen molar-refractivity contribution in [3.05, 3.63) is 0 Å². The summed E-state index contributed by atoms with van der Waals surface area (Å²) in [6.45, 7) is 33.6. The van der Waals surface area contributed by atoms with Crippen LogP contribution >= 0.6 is 0 Å². The van der Waals surface area contributed by atoms with Crippen molar-refractivity contribution in [2.24, 2.45) is 0 Å². The topological polar surface area (TPSA) is 115 Å². The Kier molecular flexibility index (Phi) is 24.3. The SMILES string of the molecule is CCN(CC)CCN(CC)CC(C(=O)NC[C@@H](NC(=O)C(CN(CC)CCN(CC)CC)N(CC)CC)C(=O)O)N(CC)CC. The van der Waals surface area contributed by atoms with Crippen molar-refractivity contribution < 1.29 is 19.5 Å². The van der Waals surface area contributed by atoms with Crippen LogP contribution in [0.4, 0.5) is 0 Å². The molecule has 0 rings (SSSR count). The Morgan fingerprint density at radius 3 is 1.16 bits per heavy atom. The predicted octanol–water partition coefficient (Wildman–Crippen LogP) is 1.42. The highest BCUT2D eigenvalue weighted by Gasteiger charge is 2.32. The zero-order valence-electron chi connectivity index (χ0n) is 30.6. The van der Waals surface area contributed by atoms with E-state index < -0.39 is 24.1 Å². The van der Waals surface area contributed by atoms with E-state index in [1.54, 1.807) is 0 Å². The first kappa shape index (κ1) is 43.2. The zero-order chi connectivity index (χ0) is 34.4. The number of carbonyl (C=O) groups excluding carboxylic acids is 2. The Labute approximate surface area is 275 Å². The lowest BCUT2D eigenvalue weighted by atomic mass is 10.1. The molecule has 0 spiro atoms. The van der Waals surface area contributed by atoms with Crippen LogP contribution in [-0.4, -0.2) is 182 Å². The molecule has 12 nitrogen and oxygen atoms in total. The van der Waals surface area contributed by atoms with E-state index in [1.165, 1.54) is 0 Å². The van der Waals surface area contributed by atoms with Gasteiger partial charge in [-0.2, -0.15) is 0 Å². The van der Waals surface area contributed by atoms with Gasteiger partial charge in [0.25, 0.3) is 0 Å². The number of carboxylic acids is 1. The number of nitrogens with zero attached hydrogens (tertiary/aromatic N) is 6. The Bertz CT molecular complexity index is 789. The number of rotatable bonds is 28. The number of nitrogens with one attached hydrogen (secondary N) is 2. The normalized spacial score (nSPS) is 14.1. The van der Waals surface area contributed by atoms with Crippen LogP contribution in [0.5, 0.6) is 0 Å². The quantitative estimate of drug-likeness (QED) is 0.116. The fourth-order valence-corrected chi connectivity index (χ4v) is 5.74. The monoisotopic (exact) mass is 643 g/mol. The molecular formula is C33H70N8O4. The lowest BCUT2D eigenvalue weighted by molar-refractivity contribution is -0.143. The van der Waals surface area contributed by atoms with Crippen molar-refractivity contribution >= 4 is 17.8 Å². The highest BCUT2D eigenvalue weighted by atomic mass is 16.4. The molecule has 45 heavy (non-hydrogen) atoms. The minimum Gasteiger partial charge on any atom is -0.480 e. The number of hydrogen-bond acceptors (Lipinski definition) is 9. The highest BCUT2D eigenvalue weighted by molar-refractivity contribution is 5.88. The van der Waals surface area contributed by atoms with E-state index in [2.05, 4.69) is 81.6 Å². The predicted molar refractivity (Wildman–Crippen MR) is 186 cm³/mol. The minimum absolute atomic E-state index is 0.173. The summed E-state index contributed by atoms with van der Waals surface area (Å²) in [6, 6.07) is -2.15. The van der Waals surface area contributed by atoms with Gasteiger partial charge in [-0.1, -0.05) is 69.2 Å². The second-order valence-corrected chi connectivity index (χ2v) is 11.5. The van der Waals surface area contributed by atoms with Crippen molar-refractivity contribution in [2.75, 3.05) is 111 Å². The van der Waals surface area contributed by atoms with Crippen LogP contribution in [0.2, 0.25) is 0 Å². The maximum Gasteiger partial charge on any atom is 0.328 e. The molecule has 0 aromatic rings. The minimum atomic E-state index is -1.23. The van der Waals surface area contributed by atoms with Crippen LogP contribution < -0.4 is 10.6 Å². The second-order valence-electron chi connectivity index (χ2n) is 11.5. The number of hydrogen-bond donors (Lipinski definition) is 3. The van der Waals surface area contributed by atoms with Crippen molar-refractivity contribution in [3.63, 3.8) is 0 Å². The molecule has 2 amide bonds. The van der Waals surface area contributed by atoms with Crippen molar-refractivity contribution in [2.45, 2.75) is 87.4 Å². The van der Waals surface area contributed by atoms with Crippen LogP contribution in [-0.2, 0) is 14.4 Å². The average molecular weight is 643 g/mol. The highest BCUT2D eigenvalue weighted by Crippen LogP contribution is 2.07. The molecule has 0 radical (unpaired) electrons. The Morgan fingerprint density at radius 2 is 0.844 bits per heavy atom. The maximum atomic E-state index is 13.7. The van der Waals surface area contributed by atoms with Gasteiger partial charge in [0.2, 0.25) is 11.8 Å². The second kappa shape index (κ2) is 25.3. The summed E-state index contributed by atoms with van der Waals surface area (Å²) in [4.78, 5) is 53.0. The van der Waals surface area contributed by atoms with Gasteiger partial charge in [0.1, 0.15) is 18.1 Å². The fourth-order valence-electron chi connectivity index (χ4n) is 5.74. The third kappa shape index (κ3) is 16.0. The number of aliphatic carboxylic acids is 1. The Morgan fingerprint density at radius 1 is 0.511 bits per heavy atom. The summed E-state index contributed by atoms with van der Waals surface area (Å²) in [5.74, 6) is -1.70. The molecule has 266 valence electrons. The summed E-state index contributed by atoms with van der Waals surface area (Å²) in [7, 11) is 0. The van der Waals surface area contributed by atoms with E-state index in [-0.39, 0.29) is 18.4 Å². The van der Waals surface area contributed by atoms with Gasteiger partial charge in [0.05, 0.1) is 0 Å². The van der Waals surface area contributed by atoms with E-state index in [4.69, 9.17) is 0 Å². The molecule has 0 bridgehead atoms. The third-order valence-electron chi connectivity index (χ3n) is 9.22. The van der Waals surface area contributed by atoms with Crippen LogP contribution in [0, 0.1) is 0 Å². The summed E-state index contributed by atoms with van der Waals surface area (Å²) in [5.41, 5.74) is 0. The van der Waals surface area contributed by atoms with Gasteiger partial charge in [-0.25, -0.2) is 4.79 Å². The fraction of sp³-hybridized carbons (Fsp3) is 0.909. The molecule has 0 saturated carbocycles. The first-order valence-electron chi connectivity index (χ1n) is 17.7. The third-order valence-corrected chi connectivity index (χ3v) is 9.22. The Hall–Kier alpha value is -1.83. The van der Waals surface area contributed by atoms with E-state index in [0.717, 1.165) is 65.4 Å². The number of carbonyl (C=O) groups is 3. The molecule has 0 aliphatic carbocycles. The van der Waals surface area contributed by atoms with Gasteiger partial charge in [0, 0.05) is 45.8 Å². The zero-order valence-corrected chi connectivity index (χ0v) is 30.6. The maximum absolute atomic E-state index is 13.7. The van der Waals surface area contributed by atoms with E-state index in [9.17, 15) is 19.5 Å². The molecule has 0 aromatic carbocycles. The molecule has 0 aromatic heterocycles. The number of likely N-dealkylation sites (N-methyl/N-ethyl adjacent to an activating group) is 6. The van der Waals surface area contributed by atoms with Crippen LogP contribution in [0.1, 0.15) is 69.2 Å². The molecule has 2 unspecified atom stereocenters. The van der Waals surface area contributed by atoms with E-state index >= 15 is 0 Å². The van der Waals surface area contributed by atoms with Crippen molar-refractivity contribution in [1.29, 1.82) is 0 Å². The van der Waals surface area contributed by atoms with Crippen LogP contribution in [0.3, 0.4) is 0 Å². The van der Waals surface area contributed by atoms with Crippen molar-refractivity contribution in [1.82, 2.24) is 40.0 Å². The van der Waals surface area contributed by atoms with Crippen molar-refractivity contribution in [3.8, 4) is 0 Å². The molecule has 12 heteroatoms. The number of amides is 2. The summed E-state index contributed by atoms with van der Waals surface area (Å²) >= 11 is 0. The average Bonchev–Trinajstić information content (AvgIpc) is 3.05. The van der Waals surface area contributed by atoms with Gasteiger partial charge < -0.3 is 35.3 Å². The van der Waals surface area contributed by atoms with Gasteiger partial charge in [-0.05, 0) is 65.4 Å². The molecule has 3 atom stereocenters. The van der Waals surface area contributed by atoms with Gasteiger partial charge in [-0.3, -0.25) is 19.4 Å². The molecule has 3 N–H and O–H groups in total. The summed E-state index contributed by atoms with van der Waals surface area (Å²) in [6.07, 6.45) is 0. The molecule has 0 heterocycles. The summed E-state index contributed by atoms with van der Waals surface area (Å²) in [5, 5.41) is 15.7. The van der Waals surface area contributed by atoms with E-state index in [1.807, 2.05) is 27.7 Å². The largest absolute Gasteiger partial charge is 0.480 e. The standard InChI is InChI=1S/C33H70N8O4/c1-11-36(12-2)21-23-38(15-5)26-29(40(17-7)18-8)31(42)34-25-28(33(44)45)35-32(43)30(41(19-9)20-10)27-39(16-6)24-22-37(13-3)14-4/h28-30H,11-27H2,1-10H3,(H,34,42)(H,35,43)(H,44,45)/t28-,29?,30?/m1/s1. The van der Waals surface area contributed by atoms with Gasteiger partial charge in [-0.15, -0.1) is 0 Å². The molecule has 0 aliphatic rings. The van der Waals surface area contributed by atoms with Crippen LogP contribution in [0.15, 0.2) is 0 Å². The lowest BCUT2D eigenvalue weighted by Gasteiger charge is -2.35.